The molecule has 0 spiro atoms. The maximum atomic E-state index is 6.13. The first-order valence-electron chi connectivity index (χ1n) is 10.5. The molecular formula is C25H31NO2. The Hall–Kier alpha value is -2.42. The van der Waals surface area contributed by atoms with Gasteiger partial charge >= 0.3 is 0 Å². The van der Waals surface area contributed by atoms with Gasteiger partial charge < -0.3 is 14.4 Å². The molecule has 0 unspecified atom stereocenters. The lowest BCUT2D eigenvalue weighted by Gasteiger charge is -2.40. The van der Waals surface area contributed by atoms with Crippen LogP contribution in [0.4, 0.5) is 5.69 Å². The Morgan fingerprint density at radius 3 is 2.29 bits per heavy atom. The van der Waals surface area contributed by atoms with Gasteiger partial charge in [-0.2, -0.15) is 0 Å². The third-order valence-corrected chi connectivity index (χ3v) is 5.64. The molecule has 2 aliphatic rings. The summed E-state index contributed by atoms with van der Waals surface area (Å²) in [5.74, 6) is 3.23. The quantitative estimate of drug-likeness (QED) is 0.515. The first kappa shape index (κ1) is 18.9. The molecule has 1 aliphatic carbocycles. The monoisotopic (exact) mass is 377 g/mol. The van der Waals surface area contributed by atoms with Gasteiger partial charge in [0.25, 0.3) is 0 Å². The van der Waals surface area contributed by atoms with Gasteiger partial charge in [0.15, 0.2) is 0 Å². The molecule has 1 saturated heterocycles. The molecule has 1 heterocycles. The van der Waals surface area contributed by atoms with E-state index in [1.54, 1.807) is 0 Å². The molecular weight excluding hydrogens is 346 g/mol. The van der Waals surface area contributed by atoms with Crippen molar-refractivity contribution < 1.29 is 9.47 Å². The summed E-state index contributed by atoms with van der Waals surface area (Å²) >= 11 is 0. The Bertz CT molecular complexity index is 786. The van der Waals surface area contributed by atoms with E-state index in [-0.39, 0.29) is 6.10 Å². The van der Waals surface area contributed by atoms with Crippen molar-refractivity contribution in [3.63, 3.8) is 0 Å². The summed E-state index contributed by atoms with van der Waals surface area (Å²) in [7, 11) is 0. The normalized spacial score (nSPS) is 17.7. The first-order valence-corrected chi connectivity index (χ1v) is 10.5. The molecule has 1 saturated carbocycles. The summed E-state index contributed by atoms with van der Waals surface area (Å²) in [6, 6.07) is 17.0. The highest BCUT2D eigenvalue weighted by molar-refractivity contribution is 5.51. The van der Waals surface area contributed by atoms with Crippen LogP contribution in [0.25, 0.3) is 0 Å². The second-order valence-corrected chi connectivity index (χ2v) is 8.52. The van der Waals surface area contributed by atoms with E-state index in [0.29, 0.717) is 5.92 Å². The second kappa shape index (κ2) is 8.30. The van der Waals surface area contributed by atoms with Crippen molar-refractivity contribution in [3.05, 3.63) is 66.2 Å². The molecule has 148 valence electrons. The number of hydrogen-bond acceptors (Lipinski definition) is 3. The summed E-state index contributed by atoms with van der Waals surface area (Å²) in [6.45, 7) is 11.1. The minimum Gasteiger partial charge on any atom is -0.493 e. The van der Waals surface area contributed by atoms with E-state index in [1.165, 1.54) is 29.7 Å². The molecule has 28 heavy (non-hydrogen) atoms. The maximum Gasteiger partial charge on any atom is 0.133 e. The van der Waals surface area contributed by atoms with Gasteiger partial charge in [0, 0.05) is 5.69 Å². The molecule has 0 radical (unpaired) electrons. The van der Waals surface area contributed by atoms with Crippen LogP contribution in [0.2, 0.25) is 0 Å². The van der Waals surface area contributed by atoms with Crippen molar-refractivity contribution in [2.24, 2.45) is 5.92 Å². The number of benzene rings is 2. The van der Waals surface area contributed by atoms with E-state index in [9.17, 15) is 0 Å². The molecule has 1 aliphatic heterocycles. The van der Waals surface area contributed by atoms with E-state index in [2.05, 4.69) is 73.9 Å². The number of anilines is 1. The molecule has 0 aromatic heterocycles. The van der Waals surface area contributed by atoms with Crippen LogP contribution in [0.15, 0.2) is 60.7 Å². The molecule has 2 aromatic rings. The highest BCUT2D eigenvalue weighted by Crippen LogP contribution is 2.31. The zero-order chi connectivity index (χ0) is 19.5. The molecule has 4 rings (SSSR count). The molecule has 0 N–H and O–H groups in total. The number of allylic oxidation sites excluding steroid dienone is 1. The van der Waals surface area contributed by atoms with Gasteiger partial charge in [-0.05, 0) is 80.0 Å². The summed E-state index contributed by atoms with van der Waals surface area (Å²) in [5.41, 5.74) is 3.81. The predicted octanol–water partition coefficient (Wildman–Crippen LogP) is 5.81. The van der Waals surface area contributed by atoms with Gasteiger partial charge in [-0.15, -0.1) is 6.58 Å². The number of hydrogen-bond donors (Lipinski definition) is 0. The Kier molecular flexibility index (Phi) is 5.61. The van der Waals surface area contributed by atoms with Gasteiger partial charge in [-0.3, -0.25) is 0 Å². The van der Waals surface area contributed by atoms with Crippen molar-refractivity contribution in [1.82, 2.24) is 0 Å². The summed E-state index contributed by atoms with van der Waals surface area (Å²) in [5, 5.41) is 0. The van der Waals surface area contributed by atoms with Crippen LogP contribution in [0.5, 0.6) is 11.5 Å². The Morgan fingerprint density at radius 2 is 1.68 bits per heavy atom. The Labute approximate surface area is 169 Å². The fourth-order valence-electron chi connectivity index (χ4n) is 3.68. The van der Waals surface area contributed by atoms with E-state index in [1.807, 2.05) is 0 Å². The molecule has 3 nitrogen and oxygen atoms in total. The molecule has 0 bridgehead atoms. The van der Waals surface area contributed by atoms with Crippen LogP contribution in [0.3, 0.4) is 0 Å². The Balaban J connectivity index is 1.23. The lowest BCUT2D eigenvalue weighted by atomic mass is 9.95. The number of nitrogens with zero attached hydrogens (tertiary/aromatic N) is 1. The van der Waals surface area contributed by atoms with E-state index >= 15 is 0 Å². The van der Waals surface area contributed by atoms with Crippen LogP contribution in [0, 0.1) is 5.92 Å². The molecule has 2 fully saturated rings. The minimum atomic E-state index is 0.254. The zero-order valence-corrected chi connectivity index (χ0v) is 17.1. The third kappa shape index (κ3) is 4.89. The summed E-state index contributed by atoms with van der Waals surface area (Å²) in [6.07, 6.45) is 3.93. The highest BCUT2D eigenvalue weighted by atomic mass is 16.5. The lowest BCUT2D eigenvalue weighted by molar-refractivity contribution is 0.167. The van der Waals surface area contributed by atoms with Gasteiger partial charge in [0.1, 0.15) is 17.6 Å². The van der Waals surface area contributed by atoms with Gasteiger partial charge in [-0.1, -0.05) is 24.6 Å². The molecule has 2 aromatic carbocycles. The van der Waals surface area contributed by atoms with E-state index in [4.69, 9.17) is 9.47 Å². The Morgan fingerprint density at radius 1 is 1.04 bits per heavy atom. The first-order chi connectivity index (χ1) is 13.6. The summed E-state index contributed by atoms with van der Waals surface area (Å²) < 4.78 is 11.9. The minimum absolute atomic E-state index is 0.254. The summed E-state index contributed by atoms with van der Waals surface area (Å²) in [4.78, 5) is 2.35. The smallest absolute Gasteiger partial charge is 0.133 e. The van der Waals surface area contributed by atoms with Gasteiger partial charge in [0.2, 0.25) is 0 Å². The standard InChI is InChI=1S/C25H31NO2/c1-18(2)14-19(3)21-6-10-24(11-7-21)28-25-15-26(16-25)22-8-12-23(13-9-22)27-17-20-4-5-20/h6-13,19-20,25H,1,4-5,14-17H2,2-3H3/t19-/m1/s1. The number of rotatable bonds is 9. The van der Waals surface area contributed by atoms with Crippen molar-refractivity contribution >= 4 is 5.69 Å². The van der Waals surface area contributed by atoms with Crippen LogP contribution < -0.4 is 14.4 Å². The average molecular weight is 378 g/mol. The van der Waals surface area contributed by atoms with Crippen molar-refractivity contribution in [3.8, 4) is 11.5 Å². The average Bonchev–Trinajstić information content (AvgIpc) is 3.48. The van der Waals surface area contributed by atoms with E-state index < -0.39 is 0 Å². The van der Waals surface area contributed by atoms with Crippen LogP contribution in [-0.2, 0) is 0 Å². The molecule has 3 heteroatoms. The largest absolute Gasteiger partial charge is 0.493 e. The second-order valence-electron chi connectivity index (χ2n) is 8.52. The fourth-order valence-corrected chi connectivity index (χ4v) is 3.68. The maximum absolute atomic E-state index is 6.13. The molecule has 1 atom stereocenters. The fraction of sp³-hybridized carbons (Fsp3) is 0.440. The molecule has 0 amide bonds. The predicted molar refractivity (Wildman–Crippen MR) is 116 cm³/mol. The number of ether oxygens (including phenoxy) is 2. The van der Waals surface area contributed by atoms with Crippen LogP contribution in [0.1, 0.15) is 44.6 Å². The van der Waals surface area contributed by atoms with Crippen molar-refractivity contribution in [2.45, 2.75) is 45.1 Å². The van der Waals surface area contributed by atoms with Gasteiger partial charge in [0.05, 0.1) is 19.7 Å². The van der Waals surface area contributed by atoms with E-state index in [0.717, 1.165) is 43.5 Å². The zero-order valence-electron chi connectivity index (χ0n) is 17.1. The van der Waals surface area contributed by atoms with Crippen LogP contribution in [-0.4, -0.2) is 25.8 Å². The van der Waals surface area contributed by atoms with Crippen LogP contribution >= 0.6 is 0 Å². The van der Waals surface area contributed by atoms with Crippen molar-refractivity contribution in [1.29, 1.82) is 0 Å². The SMILES string of the molecule is C=C(C)C[C@@H](C)c1ccc(OC2CN(c3ccc(OCC4CC4)cc3)C2)cc1. The lowest BCUT2D eigenvalue weighted by Crippen LogP contribution is -2.54. The van der Waals surface area contributed by atoms with Crippen molar-refractivity contribution in [2.75, 3.05) is 24.6 Å². The third-order valence-electron chi connectivity index (χ3n) is 5.64. The topological polar surface area (TPSA) is 21.7 Å². The highest BCUT2D eigenvalue weighted by Gasteiger charge is 2.28. The van der Waals surface area contributed by atoms with Gasteiger partial charge in [-0.25, -0.2) is 0 Å².